The molecule has 10 rings (SSSR count). The van der Waals surface area contributed by atoms with Crippen LogP contribution >= 0.6 is 0 Å². The average Bonchev–Trinajstić information content (AvgIpc) is 3.72. The molecule has 0 atom stereocenters. The molecule has 2 nitrogen and oxygen atoms in total. The Hall–Kier alpha value is -7.42. The Morgan fingerprint density at radius 1 is 0.268 bits per heavy atom. The van der Waals surface area contributed by atoms with Gasteiger partial charge in [-0.05, 0) is 110 Å². The van der Waals surface area contributed by atoms with E-state index in [0.29, 0.717) is 0 Å². The van der Waals surface area contributed by atoms with Crippen LogP contribution in [0.15, 0.2) is 229 Å². The molecule has 2 heteroatoms. The molecule has 0 aliphatic carbocycles. The van der Waals surface area contributed by atoms with E-state index < -0.39 is 0 Å². The van der Waals surface area contributed by atoms with Gasteiger partial charge < -0.3 is 9.32 Å². The molecule has 56 heavy (non-hydrogen) atoms. The minimum Gasteiger partial charge on any atom is -0.456 e. The number of rotatable bonds is 8. The van der Waals surface area contributed by atoms with Crippen LogP contribution in [0.4, 0.5) is 17.1 Å². The van der Waals surface area contributed by atoms with Gasteiger partial charge in [-0.15, -0.1) is 0 Å². The SMILES string of the molecule is c1ccc(-c2ccc(-c3ccc(N(c4ccc(-c5ccc6ccccc6c5)cc4)c4ccc(-c5ccccc5-c5cc6ccccc6o5)cc4)cc3)cc2)cc1. The van der Waals surface area contributed by atoms with Gasteiger partial charge in [-0.2, -0.15) is 0 Å². The van der Waals surface area contributed by atoms with E-state index in [0.717, 1.165) is 50.5 Å². The lowest BCUT2D eigenvalue weighted by Crippen LogP contribution is -2.09. The second-order valence-electron chi connectivity index (χ2n) is 14.2. The van der Waals surface area contributed by atoms with Crippen LogP contribution < -0.4 is 4.90 Å². The van der Waals surface area contributed by atoms with Gasteiger partial charge >= 0.3 is 0 Å². The van der Waals surface area contributed by atoms with E-state index in [-0.39, 0.29) is 0 Å². The molecule has 1 heterocycles. The number of hydrogen-bond acceptors (Lipinski definition) is 2. The van der Waals surface area contributed by atoms with Crippen molar-refractivity contribution in [3.8, 4) is 55.8 Å². The molecule has 0 aliphatic heterocycles. The summed E-state index contributed by atoms with van der Waals surface area (Å²) in [5.74, 6) is 0.869. The Morgan fingerprint density at radius 2 is 0.696 bits per heavy atom. The fourth-order valence-electron chi connectivity index (χ4n) is 7.76. The second-order valence-corrected chi connectivity index (χ2v) is 14.2. The number of anilines is 3. The van der Waals surface area contributed by atoms with E-state index in [1.54, 1.807) is 0 Å². The number of benzene rings is 9. The van der Waals surface area contributed by atoms with Gasteiger partial charge in [-0.1, -0.05) is 170 Å². The highest BCUT2D eigenvalue weighted by molar-refractivity contribution is 5.90. The summed E-state index contributed by atoms with van der Waals surface area (Å²) in [6, 6.07) is 80.0. The zero-order chi connectivity index (χ0) is 37.3. The van der Waals surface area contributed by atoms with Crippen molar-refractivity contribution in [1.29, 1.82) is 0 Å². The molecule has 0 unspecified atom stereocenters. The van der Waals surface area contributed by atoms with Crippen molar-refractivity contribution in [3.05, 3.63) is 224 Å². The van der Waals surface area contributed by atoms with Crippen LogP contribution in [-0.2, 0) is 0 Å². The van der Waals surface area contributed by atoms with Crippen LogP contribution in [-0.4, -0.2) is 0 Å². The third-order valence-corrected chi connectivity index (χ3v) is 10.7. The third-order valence-electron chi connectivity index (χ3n) is 10.7. The van der Waals surface area contributed by atoms with E-state index >= 15 is 0 Å². The Labute approximate surface area is 327 Å². The molecule has 0 radical (unpaired) electrons. The first-order valence-corrected chi connectivity index (χ1v) is 19.1. The van der Waals surface area contributed by atoms with Gasteiger partial charge in [0.15, 0.2) is 0 Å². The molecule has 10 aromatic rings. The number of nitrogens with zero attached hydrogens (tertiary/aromatic N) is 1. The van der Waals surface area contributed by atoms with Crippen molar-refractivity contribution in [3.63, 3.8) is 0 Å². The molecule has 1 aromatic heterocycles. The van der Waals surface area contributed by atoms with Crippen LogP contribution in [0, 0.1) is 0 Å². The fraction of sp³-hybridized carbons (Fsp3) is 0. The van der Waals surface area contributed by atoms with Crippen LogP contribution in [0.25, 0.3) is 77.6 Å². The maximum Gasteiger partial charge on any atom is 0.136 e. The van der Waals surface area contributed by atoms with E-state index in [2.05, 4.69) is 211 Å². The molecular weight excluding hydrogens is 679 g/mol. The Kier molecular flexibility index (Phi) is 8.55. The normalized spacial score (nSPS) is 11.2. The molecule has 0 amide bonds. The predicted molar refractivity (Wildman–Crippen MR) is 236 cm³/mol. The lowest BCUT2D eigenvalue weighted by molar-refractivity contribution is 0.632. The zero-order valence-electron chi connectivity index (χ0n) is 30.7. The number of para-hydroxylation sites is 1. The molecule has 264 valence electrons. The van der Waals surface area contributed by atoms with E-state index in [4.69, 9.17) is 4.42 Å². The minimum absolute atomic E-state index is 0.869. The molecular formula is C54H37NO. The molecule has 0 fully saturated rings. The number of furan rings is 1. The Morgan fingerprint density at radius 3 is 1.30 bits per heavy atom. The van der Waals surface area contributed by atoms with Crippen LogP contribution in [0.5, 0.6) is 0 Å². The van der Waals surface area contributed by atoms with Crippen molar-refractivity contribution in [1.82, 2.24) is 0 Å². The standard InChI is InChI=1S/C54H37NO/c1-2-10-38(11-3-1)40-18-20-41(21-19-40)42-24-30-48(31-25-42)55(49-32-26-43(27-33-49)46-23-22-39-12-4-5-13-45(39)36-46)50-34-28-44(29-35-50)51-15-7-8-16-52(51)54-37-47-14-6-9-17-53(47)56-54/h1-37H. The summed E-state index contributed by atoms with van der Waals surface area (Å²) in [7, 11) is 0. The van der Waals surface area contributed by atoms with Gasteiger partial charge in [0.1, 0.15) is 11.3 Å². The smallest absolute Gasteiger partial charge is 0.136 e. The van der Waals surface area contributed by atoms with E-state index in [1.807, 2.05) is 18.2 Å². The molecule has 0 aliphatic rings. The molecule has 0 N–H and O–H groups in total. The summed E-state index contributed by atoms with van der Waals surface area (Å²) < 4.78 is 6.32. The summed E-state index contributed by atoms with van der Waals surface area (Å²) in [4.78, 5) is 2.33. The highest BCUT2D eigenvalue weighted by Gasteiger charge is 2.16. The summed E-state index contributed by atoms with van der Waals surface area (Å²) in [6.45, 7) is 0. The fourth-order valence-corrected chi connectivity index (χ4v) is 7.76. The van der Waals surface area contributed by atoms with Gasteiger partial charge in [0, 0.05) is 28.0 Å². The van der Waals surface area contributed by atoms with Crippen molar-refractivity contribution >= 4 is 38.8 Å². The summed E-state index contributed by atoms with van der Waals surface area (Å²) in [5, 5.41) is 3.59. The van der Waals surface area contributed by atoms with Gasteiger partial charge in [-0.25, -0.2) is 0 Å². The summed E-state index contributed by atoms with van der Waals surface area (Å²) in [6.07, 6.45) is 0. The lowest BCUT2D eigenvalue weighted by atomic mass is 9.97. The predicted octanol–water partition coefficient (Wildman–Crippen LogP) is 15.4. The van der Waals surface area contributed by atoms with Gasteiger partial charge in [-0.3, -0.25) is 0 Å². The Balaban J connectivity index is 1.00. The van der Waals surface area contributed by atoms with E-state index in [9.17, 15) is 0 Å². The highest BCUT2D eigenvalue weighted by atomic mass is 16.3. The number of hydrogen-bond donors (Lipinski definition) is 0. The van der Waals surface area contributed by atoms with Crippen LogP contribution in [0.3, 0.4) is 0 Å². The average molecular weight is 716 g/mol. The first-order chi connectivity index (χ1) is 27.7. The largest absolute Gasteiger partial charge is 0.456 e. The molecule has 0 saturated carbocycles. The summed E-state index contributed by atoms with van der Waals surface area (Å²) in [5.41, 5.74) is 14.7. The van der Waals surface area contributed by atoms with Crippen molar-refractivity contribution in [2.75, 3.05) is 4.90 Å². The van der Waals surface area contributed by atoms with Gasteiger partial charge in [0.25, 0.3) is 0 Å². The maximum atomic E-state index is 6.32. The molecule has 9 aromatic carbocycles. The van der Waals surface area contributed by atoms with Crippen molar-refractivity contribution in [2.24, 2.45) is 0 Å². The topological polar surface area (TPSA) is 16.4 Å². The molecule has 0 spiro atoms. The van der Waals surface area contributed by atoms with Crippen molar-refractivity contribution < 1.29 is 4.42 Å². The maximum absolute atomic E-state index is 6.32. The highest BCUT2D eigenvalue weighted by Crippen LogP contribution is 2.40. The zero-order valence-corrected chi connectivity index (χ0v) is 30.7. The molecule has 0 saturated heterocycles. The third kappa shape index (κ3) is 6.44. The summed E-state index contributed by atoms with van der Waals surface area (Å²) >= 11 is 0. The van der Waals surface area contributed by atoms with Crippen LogP contribution in [0.2, 0.25) is 0 Å². The van der Waals surface area contributed by atoms with Crippen LogP contribution in [0.1, 0.15) is 0 Å². The second kappa shape index (κ2) is 14.4. The van der Waals surface area contributed by atoms with Crippen molar-refractivity contribution in [2.45, 2.75) is 0 Å². The first kappa shape index (κ1) is 33.2. The van der Waals surface area contributed by atoms with E-state index in [1.165, 1.54) is 44.2 Å². The quantitative estimate of drug-likeness (QED) is 0.156. The van der Waals surface area contributed by atoms with Gasteiger partial charge in [0.2, 0.25) is 0 Å². The number of fused-ring (bicyclic) bond motifs is 2. The van der Waals surface area contributed by atoms with Gasteiger partial charge in [0.05, 0.1) is 0 Å². The lowest BCUT2D eigenvalue weighted by Gasteiger charge is -2.26. The minimum atomic E-state index is 0.869. The molecule has 0 bridgehead atoms. The monoisotopic (exact) mass is 715 g/mol. The first-order valence-electron chi connectivity index (χ1n) is 19.1. The Bertz CT molecular complexity index is 2890.